The van der Waals surface area contributed by atoms with Gasteiger partial charge in [-0.05, 0) is 49.7 Å². The van der Waals surface area contributed by atoms with Crippen LogP contribution in [0.5, 0.6) is 17.2 Å². The SMILES string of the molecule is CC[C@H](C)Oc1cc(Oc2ccc(S(C)(=O)=O)cc2)cc(C(=O)C(C)C)c1. The van der Waals surface area contributed by atoms with Crippen LogP contribution in [0.15, 0.2) is 47.4 Å². The van der Waals surface area contributed by atoms with Gasteiger partial charge in [0.05, 0.1) is 11.0 Å². The first-order valence-electron chi connectivity index (χ1n) is 8.94. The predicted octanol–water partition coefficient (Wildman–Crippen LogP) is 4.90. The van der Waals surface area contributed by atoms with E-state index in [-0.39, 0.29) is 22.7 Å². The monoisotopic (exact) mass is 390 g/mol. The van der Waals surface area contributed by atoms with Crippen molar-refractivity contribution >= 4 is 15.6 Å². The predicted molar refractivity (Wildman–Crippen MR) is 106 cm³/mol. The molecule has 2 aromatic carbocycles. The minimum Gasteiger partial charge on any atom is -0.491 e. The van der Waals surface area contributed by atoms with E-state index in [0.29, 0.717) is 22.8 Å². The van der Waals surface area contributed by atoms with Crippen LogP contribution >= 0.6 is 0 Å². The molecule has 0 heterocycles. The van der Waals surface area contributed by atoms with Crippen molar-refractivity contribution in [2.75, 3.05) is 6.26 Å². The molecule has 0 bridgehead atoms. The molecule has 0 fully saturated rings. The Balaban J connectivity index is 2.35. The number of carbonyl (C=O) groups is 1. The fraction of sp³-hybridized carbons (Fsp3) is 0.381. The zero-order chi connectivity index (χ0) is 20.2. The van der Waals surface area contributed by atoms with Crippen molar-refractivity contribution in [1.29, 1.82) is 0 Å². The maximum Gasteiger partial charge on any atom is 0.175 e. The fourth-order valence-corrected chi connectivity index (χ4v) is 3.01. The van der Waals surface area contributed by atoms with Gasteiger partial charge in [0.1, 0.15) is 17.2 Å². The van der Waals surface area contributed by atoms with Crippen molar-refractivity contribution in [2.45, 2.75) is 45.1 Å². The summed E-state index contributed by atoms with van der Waals surface area (Å²) < 4.78 is 34.8. The van der Waals surface area contributed by atoms with Gasteiger partial charge in [0.25, 0.3) is 0 Å². The molecule has 0 saturated carbocycles. The van der Waals surface area contributed by atoms with Crippen LogP contribution in [0.2, 0.25) is 0 Å². The largest absolute Gasteiger partial charge is 0.491 e. The Labute approximate surface area is 161 Å². The van der Waals surface area contributed by atoms with Crippen LogP contribution in [0.3, 0.4) is 0 Å². The Bertz CT molecular complexity index is 899. The normalized spacial score (nSPS) is 12.7. The number of rotatable bonds is 8. The summed E-state index contributed by atoms with van der Waals surface area (Å²) in [5, 5.41) is 0. The van der Waals surface area contributed by atoms with Gasteiger partial charge in [-0.1, -0.05) is 20.8 Å². The molecular weight excluding hydrogens is 364 g/mol. The summed E-state index contributed by atoms with van der Waals surface area (Å²) >= 11 is 0. The van der Waals surface area contributed by atoms with Gasteiger partial charge in [0.15, 0.2) is 15.6 Å². The van der Waals surface area contributed by atoms with Crippen LogP contribution in [-0.4, -0.2) is 26.6 Å². The average molecular weight is 391 g/mol. The standard InChI is InChI=1S/C21H26O5S/c1-6-15(4)25-18-11-16(21(22)14(2)3)12-19(13-18)26-17-7-9-20(10-8-17)27(5,23)24/h7-15H,6H2,1-5H3/t15-/m0/s1. The Morgan fingerprint density at radius 1 is 0.963 bits per heavy atom. The molecule has 2 aromatic rings. The average Bonchev–Trinajstić information content (AvgIpc) is 2.60. The second-order valence-corrected chi connectivity index (χ2v) is 8.91. The number of carbonyl (C=O) groups excluding carboxylic acids is 1. The van der Waals surface area contributed by atoms with E-state index in [0.717, 1.165) is 12.7 Å². The summed E-state index contributed by atoms with van der Waals surface area (Å²) in [5.41, 5.74) is 0.522. The molecule has 0 aliphatic heterocycles. The summed E-state index contributed by atoms with van der Waals surface area (Å²) in [5.74, 6) is 1.36. The maximum atomic E-state index is 12.4. The van der Waals surface area contributed by atoms with Gasteiger partial charge in [0.2, 0.25) is 0 Å². The highest BCUT2D eigenvalue weighted by atomic mass is 32.2. The molecule has 1 atom stereocenters. The second-order valence-electron chi connectivity index (χ2n) is 6.89. The highest BCUT2D eigenvalue weighted by molar-refractivity contribution is 7.90. The lowest BCUT2D eigenvalue weighted by molar-refractivity contribution is 0.0938. The number of benzene rings is 2. The number of hydrogen-bond acceptors (Lipinski definition) is 5. The Morgan fingerprint density at radius 2 is 1.56 bits per heavy atom. The summed E-state index contributed by atoms with van der Waals surface area (Å²) in [7, 11) is -3.26. The van der Waals surface area contributed by atoms with Crippen molar-refractivity contribution in [3.05, 3.63) is 48.0 Å². The van der Waals surface area contributed by atoms with Gasteiger partial charge in [-0.3, -0.25) is 4.79 Å². The maximum absolute atomic E-state index is 12.4. The molecule has 0 aliphatic carbocycles. The summed E-state index contributed by atoms with van der Waals surface area (Å²) in [4.78, 5) is 12.7. The van der Waals surface area contributed by atoms with Crippen LogP contribution in [0.4, 0.5) is 0 Å². The van der Waals surface area contributed by atoms with E-state index in [2.05, 4.69) is 0 Å². The number of hydrogen-bond donors (Lipinski definition) is 0. The Hall–Kier alpha value is -2.34. The zero-order valence-electron chi connectivity index (χ0n) is 16.4. The first kappa shape index (κ1) is 21.0. The molecule has 0 saturated heterocycles. The van der Waals surface area contributed by atoms with Crippen LogP contribution in [0.25, 0.3) is 0 Å². The van der Waals surface area contributed by atoms with Gasteiger partial charge >= 0.3 is 0 Å². The fourth-order valence-electron chi connectivity index (χ4n) is 2.38. The van der Waals surface area contributed by atoms with E-state index in [9.17, 15) is 13.2 Å². The molecule has 0 radical (unpaired) electrons. The Morgan fingerprint density at radius 3 is 2.07 bits per heavy atom. The summed E-state index contributed by atoms with van der Waals surface area (Å²) in [6.07, 6.45) is 2.00. The van der Waals surface area contributed by atoms with E-state index >= 15 is 0 Å². The van der Waals surface area contributed by atoms with Gasteiger partial charge in [-0.25, -0.2) is 8.42 Å². The van der Waals surface area contributed by atoms with Gasteiger partial charge in [0, 0.05) is 23.8 Å². The lowest BCUT2D eigenvalue weighted by Gasteiger charge is -2.16. The van der Waals surface area contributed by atoms with E-state index in [4.69, 9.17) is 9.47 Å². The number of sulfone groups is 1. The van der Waals surface area contributed by atoms with E-state index in [1.807, 2.05) is 27.7 Å². The smallest absolute Gasteiger partial charge is 0.175 e. The van der Waals surface area contributed by atoms with Crippen LogP contribution in [0.1, 0.15) is 44.5 Å². The third-order valence-electron chi connectivity index (χ3n) is 4.09. The highest BCUT2D eigenvalue weighted by Gasteiger charge is 2.15. The molecule has 5 nitrogen and oxygen atoms in total. The van der Waals surface area contributed by atoms with Gasteiger partial charge in [-0.15, -0.1) is 0 Å². The lowest BCUT2D eigenvalue weighted by atomic mass is 10.0. The second kappa shape index (κ2) is 8.57. The van der Waals surface area contributed by atoms with Crippen molar-refractivity contribution in [1.82, 2.24) is 0 Å². The van der Waals surface area contributed by atoms with Gasteiger partial charge < -0.3 is 9.47 Å². The molecule has 2 rings (SSSR count). The first-order valence-corrected chi connectivity index (χ1v) is 10.8. The third kappa shape index (κ3) is 5.82. The molecule has 0 aromatic heterocycles. The topological polar surface area (TPSA) is 69.7 Å². The number of ketones is 1. The van der Waals surface area contributed by atoms with E-state index in [1.165, 1.54) is 12.1 Å². The minimum absolute atomic E-state index is 0.00174. The highest BCUT2D eigenvalue weighted by Crippen LogP contribution is 2.30. The minimum atomic E-state index is -3.26. The van der Waals surface area contributed by atoms with Crippen LogP contribution in [0, 0.1) is 5.92 Å². The third-order valence-corrected chi connectivity index (χ3v) is 5.22. The quantitative estimate of drug-likeness (QED) is 0.600. The molecule has 6 heteroatoms. The molecule has 27 heavy (non-hydrogen) atoms. The lowest BCUT2D eigenvalue weighted by Crippen LogP contribution is -2.12. The molecule has 0 aliphatic rings. The van der Waals surface area contributed by atoms with Crippen molar-refractivity contribution < 1.29 is 22.7 Å². The zero-order valence-corrected chi connectivity index (χ0v) is 17.2. The van der Waals surface area contributed by atoms with E-state index in [1.54, 1.807) is 30.3 Å². The van der Waals surface area contributed by atoms with Crippen LogP contribution in [-0.2, 0) is 9.84 Å². The molecular formula is C21H26O5S. The first-order chi connectivity index (χ1) is 12.6. The van der Waals surface area contributed by atoms with E-state index < -0.39 is 9.84 Å². The number of ether oxygens (including phenoxy) is 2. The summed E-state index contributed by atoms with van der Waals surface area (Å²) in [6, 6.07) is 11.3. The van der Waals surface area contributed by atoms with Crippen LogP contribution < -0.4 is 9.47 Å². The van der Waals surface area contributed by atoms with Crippen molar-refractivity contribution in [3.63, 3.8) is 0 Å². The molecule has 146 valence electrons. The summed E-state index contributed by atoms with van der Waals surface area (Å²) in [6.45, 7) is 7.67. The molecule has 0 amide bonds. The molecule has 0 N–H and O–H groups in total. The molecule has 0 spiro atoms. The number of Topliss-reactive ketones (excluding diaryl/α,β-unsaturated/α-hetero) is 1. The Kier molecular flexibility index (Phi) is 6.65. The van der Waals surface area contributed by atoms with Gasteiger partial charge in [-0.2, -0.15) is 0 Å². The van der Waals surface area contributed by atoms with Crippen molar-refractivity contribution in [2.24, 2.45) is 5.92 Å². The van der Waals surface area contributed by atoms with Crippen molar-refractivity contribution in [3.8, 4) is 17.2 Å². The molecule has 0 unspecified atom stereocenters.